The number of carbonyl (C=O) groups is 2. The lowest BCUT2D eigenvalue weighted by Gasteiger charge is -2.81. The van der Waals surface area contributed by atoms with Crippen LogP contribution in [0.3, 0.4) is 0 Å². The van der Waals surface area contributed by atoms with Gasteiger partial charge in [0, 0.05) is 91.8 Å². The highest BCUT2D eigenvalue weighted by Gasteiger charge is 2.79. The van der Waals surface area contributed by atoms with E-state index in [9.17, 15) is 9.00 Å². The lowest BCUT2D eigenvalue weighted by Crippen LogP contribution is -2.90. The van der Waals surface area contributed by atoms with Crippen LogP contribution < -0.4 is 9.46 Å². The number of nitrogens with zero attached hydrogens (tertiary/aromatic N) is 5. The van der Waals surface area contributed by atoms with Gasteiger partial charge in [-0.3, -0.25) is 19.2 Å². The molecule has 11 heteroatoms. The molecular weight excluding hydrogens is 757 g/mol. The van der Waals surface area contributed by atoms with Crippen LogP contribution in [0.2, 0.25) is 0 Å². The van der Waals surface area contributed by atoms with Gasteiger partial charge >= 0.3 is 0 Å². The van der Waals surface area contributed by atoms with E-state index in [4.69, 9.17) is 4.74 Å². The molecule has 10 rings (SSSR count). The van der Waals surface area contributed by atoms with Gasteiger partial charge in [-0.05, 0) is 111 Å². The Hall–Kier alpha value is -4.16. The Labute approximate surface area is 350 Å². The van der Waals surface area contributed by atoms with E-state index in [2.05, 4.69) is 98.6 Å². The summed E-state index contributed by atoms with van der Waals surface area (Å²) in [5.74, 6) is 4.98. The normalized spacial score (nSPS) is 28.8. The van der Waals surface area contributed by atoms with Crippen molar-refractivity contribution in [3.63, 3.8) is 0 Å². The van der Waals surface area contributed by atoms with Crippen LogP contribution in [0, 0.1) is 10.8 Å². The summed E-state index contributed by atoms with van der Waals surface area (Å²) in [7, 11) is 6.35. The molecule has 1 aromatic heterocycles. The first-order valence-corrected chi connectivity index (χ1v) is 23.5. The van der Waals surface area contributed by atoms with E-state index in [-0.39, 0.29) is 23.4 Å². The minimum Gasteiger partial charge on any atom is -0.497 e. The smallest absolute Gasteiger partial charge is 0.263 e. The molecule has 0 bridgehead atoms. The quantitative estimate of drug-likeness (QED) is 0.157. The van der Waals surface area contributed by atoms with E-state index >= 15 is 4.79 Å². The summed E-state index contributed by atoms with van der Waals surface area (Å²) in [4.78, 5) is 36.7. The van der Waals surface area contributed by atoms with E-state index in [1.807, 2.05) is 12.1 Å². The first-order chi connectivity index (χ1) is 28.4. The molecule has 3 heterocycles. The number of nitrogens with one attached hydrogen (secondary N) is 1. The van der Waals surface area contributed by atoms with Gasteiger partial charge in [0.25, 0.3) is 5.91 Å². The first kappa shape index (κ1) is 39.0. The molecule has 6 aliphatic rings. The molecule has 10 nitrogen and oxygen atoms in total. The van der Waals surface area contributed by atoms with Crippen LogP contribution in [0.25, 0.3) is 22.2 Å². The average Bonchev–Trinajstić information content (AvgIpc) is 3.88. The fourth-order valence-corrected chi connectivity index (χ4v) is 12.8. The maximum atomic E-state index is 15.6. The zero-order valence-electron chi connectivity index (χ0n) is 35.4. The topological polar surface area (TPSA) is 90.4 Å². The highest BCUT2D eigenvalue weighted by Crippen LogP contribution is 2.73. The molecule has 4 saturated carbocycles. The zero-order valence-corrected chi connectivity index (χ0v) is 36.2. The molecule has 1 spiro atoms. The van der Waals surface area contributed by atoms with Crippen molar-refractivity contribution in [1.82, 2.24) is 28.3 Å². The first-order valence-electron chi connectivity index (χ1n) is 21.8. The number of ether oxygens (including phenoxy) is 1. The second-order valence-corrected chi connectivity index (χ2v) is 21.3. The number of amides is 2. The molecule has 4 aromatic rings. The zero-order chi connectivity index (χ0) is 41.0. The second kappa shape index (κ2) is 14.2. The van der Waals surface area contributed by atoms with Crippen molar-refractivity contribution in [1.29, 1.82) is 0 Å². The Balaban J connectivity index is 1.04. The summed E-state index contributed by atoms with van der Waals surface area (Å²) >= 11 is 0. The highest BCUT2D eigenvalue weighted by molar-refractivity contribution is 7.96. The van der Waals surface area contributed by atoms with Gasteiger partial charge in [0.2, 0.25) is 5.91 Å². The fourth-order valence-electron chi connectivity index (χ4n) is 12.2. The number of benzene rings is 3. The van der Waals surface area contributed by atoms with E-state index < -0.39 is 21.2 Å². The van der Waals surface area contributed by atoms with E-state index in [0.717, 1.165) is 68.4 Å². The summed E-state index contributed by atoms with van der Waals surface area (Å²) in [6, 6.07) is 24.3. The number of methoxy groups -OCH3 is 1. The monoisotopic (exact) mass is 816 g/mol. The molecule has 59 heavy (non-hydrogen) atoms. The SMILES string of the molecule is C=S(=O)(NC(=O)c1ccc2c(C3CCCCC3)c3n(c2c1)CC1(C(=O)N2C4CCC45C(N(CCN(C)C)Cc4ccccc4)CC25)CC1c1cc(OC)ccc1-3)N(C)C. The van der Waals surface area contributed by atoms with Gasteiger partial charge in [-0.1, -0.05) is 55.7 Å². The van der Waals surface area contributed by atoms with Gasteiger partial charge in [0.1, 0.15) is 15.6 Å². The number of hydrogen-bond donors (Lipinski definition) is 1. The summed E-state index contributed by atoms with van der Waals surface area (Å²) in [6.07, 6.45) is 9.96. The minimum atomic E-state index is -2.99. The van der Waals surface area contributed by atoms with Crippen LogP contribution in [0.15, 0.2) is 66.7 Å². The number of aromatic nitrogens is 1. The van der Waals surface area contributed by atoms with Crippen molar-refractivity contribution in [2.75, 3.05) is 48.4 Å². The fraction of sp³-hybridized carbons (Fsp3) is 0.521. The summed E-state index contributed by atoms with van der Waals surface area (Å²) in [5.41, 5.74) is 7.28. The van der Waals surface area contributed by atoms with Crippen molar-refractivity contribution >= 4 is 38.5 Å². The molecule has 0 radical (unpaired) electrons. The van der Waals surface area contributed by atoms with Gasteiger partial charge in [0.15, 0.2) is 0 Å². The lowest BCUT2D eigenvalue weighted by molar-refractivity contribution is -0.296. The summed E-state index contributed by atoms with van der Waals surface area (Å²) in [5, 5.41) is 1.15. The molecular formula is C48H60N6O4S. The molecule has 3 aromatic carbocycles. The van der Waals surface area contributed by atoms with Gasteiger partial charge in [-0.25, -0.2) is 8.51 Å². The molecule has 1 N–H and O–H groups in total. The van der Waals surface area contributed by atoms with Gasteiger partial charge in [-0.15, -0.1) is 0 Å². The predicted octanol–water partition coefficient (Wildman–Crippen LogP) is 6.89. The maximum Gasteiger partial charge on any atom is 0.263 e. The molecule has 312 valence electrons. The van der Waals surface area contributed by atoms with Crippen molar-refractivity contribution in [3.8, 4) is 17.0 Å². The van der Waals surface area contributed by atoms with Crippen LogP contribution in [0.1, 0.15) is 96.7 Å². The van der Waals surface area contributed by atoms with Crippen LogP contribution in [0.5, 0.6) is 5.75 Å². The molecule has 4 aliphatic carbocycles. The number of likely N-dealkylation sites (N-methyl/N-ethyl adjacent to an activating group) is 1. The molecule has 2 amide bonds. The predicted molar refractivity (Wildman–Crippen MR) is 236 cm³/mol. The third kappa shape index (κ3) is 5.96. The second-order valence-electron chi connectivity index (χ2n) is 19.1. The van der Waals surface area contributed by atoms with Gasteiger partial charge < -0.3 is 19.1 Å². The van der Waals surface area contributed by atoms with Crippen LogP contribution in [-0.4, -0.2) is 112 Å². The van der Waals surface area contributed by atoms with E-state index in [1.165, 1.54) is 57.9 Å². The number of carbonyl (C=O) groups excluding carboxylic acids is 2. The Morgan fingerprint density at radius 3 is 2.41 bits per heavy atom. The minimum absolute atomic E-state index is 0.0808. The largest absolute Gasteiger partial charge is 0.497 e. The Morgan fingerprint density at radius 2 is 1.73 bits per heavy atom. The Bertz CT molecular complexity index is 2430. The molecule has 2 aliphatic heterocycles. The molecule has 5 fully saturated rings. The number of piperidine rings is 2. The summed E-state index contributed by atoms with van der Waals surface area (Å²) in [6.45, 7) is 3.53. The summed E-state index contributed by atoms with van der Waals surface area (Å²) < 4.78 is 25.6. The third-order valence-electron chi connectivity index (χ3n) is 15.6. The Morgan fingerprint density at radius 1 is 0.949 bits per heavy atom. The number of likely N-dealkylation sites (tertiary alicyclic amines) is 1. The van der Waals surface area contributed by atoms with Crippen molar-refractivity contribution < 1.29 is 18.5 Å². The van der Waals surface area contributed by atoms with Crippen molar-refractivity contribution in [2.45, 2.75) is 101 Å². The Kier molecular flexibility index (Phi) is 9.40. The number of rotatable bonds is 12. The number of fused-ring (bicyclic) bond motifs is 7. The lowest BCUT2D eigenvalue weighted by atomic mass is 9.39. The number of hydrogen-bond acceptors (Lipinski definition) is 6. The van der Waals surface area contributed by atoms with Crippen molar-refractivity contribution in [2.24, 2.45) is 10.8 Å². The van der Waals surface area contributed by atoms with Gasteiger partial charge in [0.05, 0.1) is 18.2 Å². The highest BCUT2D eigenvalue weighted by atomic mass is 32.2. The van der Waals surface area contributed by atoms with Crippen molar-refractivity contribution in [3.05, 3.63) is 89.0 Å². The van der Waals surface area contributed by atoms with Crippen LogP contribution in [-0.2, 0) is 27.8 Å². The maximum absolute atomic E-state index is 15.6. The third-order valence-corrected chi connectivity index (χ3v) is 17.3. The van der Waals surface area contributed by atoms with E-state index in [0.29, 0.717) is 30.0 Å². The van der Waals surface area contributed by atoms with Crippen LogP contribution >= 0.6 is 0 Å². The van der Waals surface area contributed by atoms with E-state index in [1.54, 1.807) is 21.2 Å². The standard InChI is InChI=1S/C48H60N6O4S/c1-50(2)23-24-52(29-31-13-9-7-10-14-31)41-27-42-48(41)22-21-40(48)54(42)46(56)47-28-38(47)37-26-34(58-5)18-20-35(37)44-43(32-15-11-8-12-16-32)36-19-17-33(25-39(36)53(44)30-47)45(55)49-59(6,57)51(3)4/h7,9-10,13-14,17-20,25-26,32,38,40-42H,6,8,11-12,15-16,21-24,27-30H2,1-5H3,(H,49,55,57). The van der Waals surface area contributed by atoms with Gasteiger partial charge in [-0.2, -0.15) is 0 Å². The van der Waals surface area contributed by atoms with Crippen LogP contribution in [0.4, 0.5) is 0 Å². The molecule has 1 saturated heterocycles. The molecule has 7 unspecified atom stereocenters. The average molecular weight is 817 g/mol. The molecule has 7 atom stereocenters.